The van der Waals surface area contributed by atoms with Gasteiger partial charge in [0.15, 0.2) is 0 Å². The van der Waals surface area contributed by atoms with Crippen LogP contribution in [0, 0.1) is 5.92 Å². The van der Waals surface area contributed by atoms with Crippen LogP contribution in [0.4, 0.5) is 0 Å². The minimum atomic E-state index is 0.757. The lowest BCUT2D eigenvalue weighted by molar-refractivity contribution is 0.768. The van der Waals surface area contributed by atoms with Gasteiger partial charge in [-0.1, -0.05) is 55.8 Å². The first-order chi connectivity index (χ1) is 10.9. The van der Waals surface area contributed by atoms with E-state index in [1.165, 1.54) is 45.4 Å². The molecule has 22 heavy (non-hydrogen) atoms. The number of rotatable bonds is 2. The van der Waals surface area contributed by atoms with Gasteiger partial charge in [-0.15, -0.1) is 0 Å². The smallest absolute Gasteiger partial charge is 0.0544 e. The number of aromatic amines is 1. The summed E-state index contributed by atoms with van der Waals surface area (Å²) in [7, 11) is 0. The largest absolute Gasteiger partial charge is 0.354 e. The van der Waals surface area contributed by atoms with Crippen LogP contribution in [-0.4, -0.2) is 4.98 Å². The topological polar surface area (TPSA) is 15.8 Å². The van der Waals surface area contributed by atoms with Crippen molar-refractivity contribution in [1.82, 2.24) is 4.98 Å². The van der Waals surface area contributed by atoms with Crippen LogP contribution < -0.4 is 0 Å². The molecule has 3 aromatic carbocycles. The molecule has 2 unspecified atom stereocenters. The van der Waals surface area contributed by atoms with Crippen molar-refractivity contribution in [3.8, 4) is 0 Å². The summed E-state index contributed by atoms with van der Waals surface area (Å²) >= 11 is 0. The maximum atomic E-state index is 3.63. The Hall–Kier alpha value is -2.28. The molecule has 1 aliphatic carbocycles. The lowest BCUT2D eigenvalue weighted by Crippen LogP contribution is -1.87. The Morgan fingerprint density at radius 3 is 2.41 bits per heavy atom. The number of hydrogen-bond acceptors (Lipinski definition) is 0. The van der Waals surface area contributed by atoms with Crippen LogP contribution in [0.3, 0.4) is 0 Å². The van der Waals surface area contributed by atoms with Crippen molar-refractivity contribution < 1.29 is 0 Å². The lowest BCUT2D eigenvalue weighted by Gasteiger charge is -2.08. The fourth-order valence-corrected chi connectivity index (χ4v) is 4.10. The Balaban J connectivity index is 1.92. The molecule has 0 spiro atoms. The zero-order valence-electron chi connectivity index (χ0n) is 12.8. The summed E-state index contributed by atoms with van der Waals surface area (Å²) in [5, 5.41) is 5.53. The first-order valence-electron chi connectivity index (χ1n) is 8.29. The number of H-pyrrole nitrogens is 1. The second-order valence-corrected chi connectivity index (χ2v) is 6.62. The third kappa shape index (κ3) is 1.60. The molecule has 1 aromatic heterocycles. The molecule has 1 nitrogen and oxygen atoms in total. The Labute approximate surface area is 130 Å². The van der Waals surface area contributed by atoms with E-state index in [9.17, 15) is 0 Å². The fraction of sp³-hybridized carbons (Fsp3) is 0.238. The molecular formula is C21H19N. The van der Waals surface area contributed by atoms with Crippen molar-refractivity contribution in [2.45, 2.75) is 25.7 Å². The molecule has 1 heteroatoms. The van der Waals surface area contributed by atoms with E-state index in [1.54, 1.807) is 5.56 Å². The van der Waals surface area contributed by atoms with Gasteiger partial charge in [-0.3, -0.25) is 0 Å². The molecule has 0 amide bonds. The van der Waals surface area contributed by atoms with Gasteiger partial charge in [0, 0.05) is 21.7 Å². The number of para-hydroxylation sites is 1. The minimum Gasteiger partial charge on any atom is -0.354 e. The van der Waals surface area contributed by atoms with Crippen LogP contribution in [-0.2, 0) is 0 Å². The van der Waals surface area contributed by atoms with Crippen LogP contribution in [0.5, 0.6) is 0 Å². The van der Waals surface area contributed by atoms with Gasteiger partial charge in [0.05, 0.1) is 5.52 Å². The summed E-state index contributed by atoms with van der Waals surface area (Å²) in [6, 6.07) is 20.0. The third-order valence-corrected chi connectivity index (χ3v) is 5.40. The first-order valence-corrected chi connectivity index (χ1v) is 8.29. The van der Waals surface area contributed by atoms with Crippen LogP contribution >= 0.6 is 0 Å². The Morgan fingerprint density at radius 1 is 0.909 bits per heavy atom. The molecule has 108 valence electrons. The maximum Gasteiger partial charge on any atom is 0.0544 e. The monoisotopic (exact) mass is 285 g/mol. The molecule has 4 aromatic rings. The second-order valence-electron chi connectivity index (χ2n) is 6.62. The summed E-state index contributed by atoms with van der Waals surface area (Å²) in [6.45, 7) is 2.32. The van der Waals surface area contributed by atoms with E-state index < -0.39 is 0 Å². The van der Waals surface area contributed by atoms with Gasteiger partial charge in [-0.2, -0.15) is 0 Å². The van der Waals surface area contributed by atoms with Crippen LogP contribution in [0.15, 0.2) is 54.6 Å². The number of nitrogens with one attached hydrogen (secondary N) is 1. The van der Waals surface area contributed by atoms with Crippen molar-refractivity contribution in [2.75, 3.05) is 0 Å². The summed E-state index contributed by atoms with van der Waals surface area (Å²) in [6.07, 6.45) is 2.65. The summed E-state index contributed by atoms with van der Waals surface area (Å²) in [5.74, 6) is 1.64. The highest BCUT2D eigenvalue weighted by molar-refractivity contribution is 6.18. The SMILES string of the molecule is CCC1CC1c1cc2c3ccccc3[nH]c2c2ccccc12. The molecule has 0 radical (unpaired) electrons. The van der Waals surface area contributed by atoms with E-state index in [-0.39, 0.29) is 0 Å². The highest BCUT2D eigenvalue weighted by Gasteiger charge is 2.37. The molecule has 0 aliphatic heterocycles. The van der Waals surface area contributed by atoms with Crippen molar-refractivity contribution in [1.29, 1.82) is 0 Å². The average Bonchev–Trinajstić information content (AvgIpc) is 3.26. The van der Waals surface area contributed by atoms with Gasteiger partial charge < -0.3 is 4.98 Å². The third-order valence-electron chi connectivity index (χ3n) is 5.40. The predicted molar refractivity (Wildman–Crippen MR) is 94.4 cm³/mol. The van der Waals surface area contributed by atoms with Crippen LogP contribution in [0.25, 0.3) is 32.6 Å². The molecule has 2 atom stereocenters. The highest BCUT2D eigenvalue weighted by Crippen LogP contribution is 2.52. The second kappa shape index (κ2) is 4.36. The standard InChI is InChI=1S/C21H19N/c1-2-13-11-17(13)18-12-19-15-8-5-6-10-20(15)22-21(19)16-9-4-3-7-14(16)18/h3-10,12-13,17,22H,2,11H2,1H3. The first kappa shape index (κ1) is 12.3. The minimum absolute atomic E-state index is 0.757. The average molecular weight is 285 g/mol. The zero-order valence-corrected chi connectivity index (χ0v) is 12.8. The predicted octanol–water partition coefficient (Wildman–Crippen LogP) is 5.99. The molecule has 1 fully saturated rings. The van der Waals surface area contributed by atoms with Crippen molar-refractivity contribution in [2.24, 2.45) is 5.92 Å². The number of hydrogen-bond donors (Lipinski definition) is 1. The fourth-order valence-electron chi connectivity index (χ4n) is 4.10. The van der Waals surface area contributed by atoms with E-state index in [2.05, 4.69) is 66.5 Å². The van der Waals surface area contributed by atoms with Crippen molar-refractivity contribution in [3.63, 3.8) is 0 Å². The maximum absolute atomic E-state index is 3.63. The number of fused-ring (bicyclic) bond motifs is 5. The van der Waals surface area contributed by atoms with E-state index in [0.29, 0.717) is 0 Å². The molecule has 1 heterocycles. The molecule has 5 rings (SSSR count). The Kier molecular flexibility index (Phi) is 2.43. The lowest BCUT2D eigenvalue weighted by atomic mass is 9.96. The van der Waals surface area contributed by atoms with E-state index in [1.807, 2.05) is 0 Å². The van der Waals surface area contributed by atoms with E-state index >= 15 is 0 Å². The molecule has 1 saturated carbocycles. The zero-order chi connectivity index (χ0) is 14.7. The van der Waals surface area contributed by atoms with Gasteiger partial charge in [0.2, 0.25) is 0 Å². The number of aromatic nitrogens is 1. The molecule has 1 N–H and O–H groups in total. The van der Waals surface area contributed by atoms with Crippen molar-refractivity contribution in [3.05, 3.63) is 60.2 Å². The highest BCUT2D eigenvalue weighted by atomic mass is 14.7. The van der Waals surface area contributed by atoms with E-state index in [4.69, 9.17) is 0 Å². The van der Waals surface area contributed by atoms with Gasteiger partial charge in [0.25, 0.3) is 0 Å². The van der Waals surface area contributed by atoms with Gasteiger partial charge in [-0.25, -0.2) is 0 Å². The normalized spacial score (nSPS) is 21.0. The van der Waals surface area contributed by atoms with E-state index in [0.717, 1.165) is 11.8 Å². The number of benzene rings is 3. The summed E-state index contributed by atoms with van der Waals surface area (Å²) in [5.41, 5.74) is 4.08. The van der Waals surface area contributed by atoms with Gasteiger partial charge in [0.1, 0.15) is 0 Å². The van der Waals surface area contributed by atoms with Crippen LogP contribution in [0.1, 0.15) is 31.2 Å². The van der Waals surface area contributed by atoms with Crippen LogP contribution in [0.2, 0.25) is 0 Å². The Morgan fingerprint density at radius 2 is 1.64 bits per heavy atom. The van der Waals surface area contributed by atoms with Crippen molar-refractivity contribution >= 4 is 32.6 Å². The molecule has 1 aliphatic rings. The summed E-state index contributed by atoms with van der Waals surface area (Å²) < 4.78 is 0. The quantitative estimate of drug-likeness (QED) is 0.466. The molecule has 0 saturated heterocycles. The molecule has 0 bridgehead atoms. The molecular weight excluding hydrogens is 266 g/mol. The van der Waals surface area contributed by atoms with Gasteiger partial charge in [-0.05, 0) is 41.3 Å². The Bertz CT molecular complexity index is 1010. The van der Waals surface area contributed by atoms with Gasteiger partial charge >= 0.3 is 0 Å². The summed E-state index contributed by atoms with van der Waals surface area (Å²) in [4.78, 5) is 3.63.